The summed E-state index contributed by atoms with van der Waals surface area (Å²) in [6.07, 6.45) is 0. The molecule has 3 N–H and O–H groups in total. The highest BCUT2D eigenvalue weighted by molar-refractivity contribution is 6.06. The van der Waals surface area contributed by atoms with E-state index in [1.807, 2.05) is 0 Å². The first-order valence-corrected chi connectivity index (χ1v) is 4.67. The fourth-order valence-electron chi connectivity index (χ4n) is 1.35. The summed E-state index contributed by atoms with van der Waals surface area (Å²) in [5, 5.41) is 20.9. The molecule has 0 spiro atoms. The molecule has 3 amide bonds. The lowest BCUT2D eigenvalue weighted by molar-refractivity contribution is -0.133. The number of hydrogen-bond donors (Lipinski definition) is 3. The highest BCUT2D eigenvalue weighted by Gasteiger charge is 2.46. The molecule has 1 unspecified atom stereocenters. The summed E-state index contributed by atoms with van der Waals surface area (Å²) in [6.45, 7) is 3.81. The van der Waals surface area contributed by atoms with E-state index < -0.39 is 29.7 Å². The summed E-state index contributed by atoms with van der Waals surface area (Å²) in [5.74, 6) is -0.402. The summed E-state index contributed by atoms with van der Waals surface area (Å²) in [7, 11) is 0. The van der Waals surface area contributed by atoms with E-state index in [0.29, 0.717) is 0 Å². The van der Waals surface area contributed by atoms with Gasteiger partial charge in [-0.05, 0) is 20.8 Å². The van der Waals surface area contributed by atoms with E-state index in [-0.39, 0.29) is 6.54 Å². The minimum absolute atomic E-state index is 0.211. The van der Waals surface area contributed by atoms with E-state index in [4.69, 9.17) is 5.11 Å². The summed E-state index contributed by atoms with van der Waals surface area (Å²) in [4.78, 5) is 24.0. The van der Waals surface area contributed by atoms with E-state index in [2.05, 4.69) is 5.32 Å². The van der Waals surface area contributed by atoms with Crippen molar-refractivity contribution in [3.05, 3.63) is 0 Å². The van der Waals surface area contributed by atoms with Crippen LogP contribution in [0.1, 0.15) is 20.8 Å². The van der Waals surface area contributed by atoms with E-state index in [0.717, 1.165) is 4.90 Å². The van der Waals surface area contributed by atoms with Crippen LogP contribution < -0.4 is 5.32 Å². The standard InChI is InChI=1S/C9H16N2O4/c1-8(2)6(13)11(7(14)10-8)4-9(3,15)5-12/h12,15H,4-5H2,1-3H3,(H,10,14). The van der Waals surface area contributed by atoms with Crippen LogP contribution >= 0.6 is 0 Å². The van der Waals surface area contributed by atoms with Gasteiger partial charge in [-0.2, -0.15) is 0 Å². The Hall–Kier alpha value is -1.14. The molecule has 1 heterocycles. The second-order valence-corrected chi connectivity index (χ2v) is 4.60. The van der Waals surface area contributed by atoms with Gasteiger partial charge in [-0.15, -0.1) is 0 Å². The maximum atomic E-state index is 11.7. The fourth-order valence-corrected chi connectivity index (χ4v) is 1.35. The number of rotatable bonds is 3. The van der Waals surface area contributed by atoms with Crippen LogP contribution in [0, 0.1) is 0 Å². The van der Waals surface area contributed by atoms with Gasteiger partial charge in [0.15, 0.2) is 0 Å². The minimum atomic E-state index is -1.46. The molecule has 1 rings (SSSR count). The van der Waals surface area contributed by atoms with Gasteiger partial charge in [-0.25, -0.2) is 4.79 Å². The molecule has 0 saturated carbocycles. The predicted octanol–water partition coefficient (Wildman–Crippen LogP) is -0.940. The lowest BCUT2D eigenvalue weighted by atomic mass is 10.0. The molecule has 1 saturated heterocycles. The number of carbonyl (C=O) groups is 2. The Morgan fingerprint density at radius 3 is 2.33 bits per heavy atom. The number of nitrogens with one attached hydrogen (secondary N) is 1. The Morgan fingerprint density at radius 1 is 1.47 bits per heavy atom. The topological polar surface area (TPSA) is 89.9 Å². The smallest absolute Gasteiger partial charge is 0.325 e. The van der Waals surface area contributed by atoms with Crippen molar-refractivity contribution in [1.29, 1.82) is 0 Å². The molecule has 1 aliphatic heterocycles. The number of aliphatic hydroxyl groups is 2. The zero-order chi connectivity index (χ0) is 11.9. The maximum Gasteiger partial charge on any atom is 0.325 e. The highest BCUT2D eigenvalue weighted by atomic mass is 16.3. The van der Waals surface area contributed by atoms with Crippen LogP contribution in [-0.4, -0.2) is 51.3 Å². The fraction of sp³-hybridized carbons (Fsp3) is 0.778. The summed E-state index contributed by atoms with van der Waals surface area (Å²) < 4.78 is 0. The Labute approximate surface area is 87.9 Å². The van der Waals surface area contributed by atoms with Gasteiger partial charge in [-0.1, -0.05) is 0 Å². The van der Waals surface area contributed by atoms with E-state index in [9.17, 15) is 14.7 Å². The molecule has 0 radical (unpaired) electrons. The zero-order valence-corrected chi connectivity index (χ0v) is 9.07. The third-order valence-electron chi connectivity index (χ3n) is 2.28. The van der Waals surface area contributed by atoms with Crippen molar-refractivity contribution in [1.82, 2.24) is 10.2 Å². The zero-order valence-electron chi connectivity index (χ0n) is 9.07. The number of imide groups is 1. The van der Waals surface area contributed by atoms with Crippen molar-refractivity contribution in [2.75, 3.05) is 13.2 Å². The van der Waals surface area contributed by atoms with Crippen LogP contribution in [0.5, 0.6) is 0 Å². The normalized spacial score (nSPS) is 23.9. The number of carbonyl (C=O) groups excluding carboxylic acids is 2. The van der Waals surface area contributed by atoms with Crippen molar-refractivity contribution in [3.63, 3.8) is 0 Å². The van der Waals surface area contributed by atoms with Crippen molar-refractivity contribution in [3.8, 4) is 0 Å². The lowest BCUT2D eigenvalue weighted by Gasteiger charge is -2.25. The van der Waals surface area contributed by atoms with Crippen molar-refractivity contribution < 1.29 is 19.8 Å². The van der Waals surface area contributed by atoms with Crippen LogP contribution in [0.2, 0.25) is 0 Å². The van der Waals surface area contributed by atoms with E-state index >= 15 is 0 Å². The molecular weight excluding hydrogens is 200 g/mol. The first-order valence-electron chi connectivity index (χ1n) is 4.67. The van der Waals surface area contributed by atoms with Gasteiger partial charge in [-0.3, -0.25) is 9.69 Å². The van der Waals surface area contributed by atoms with Crippen LogP contribution in [-0.2, 0) is 4.79 Å². The molecule has 0 aliphatic carbocycles. The molecule has 1 fully saturated rings. The van der Waals surface area contributed by atoms with Crippen molar-refractivity contribution >= 4 is 11.9 Å². The summed E-state index contributed by atoms with van der Waals surface area (Å²) in [5.41, 5.74) is -2.41. The van der Waals surface area contributed by atoms with Gasteiger partial charge in [0, 0.05) is 0 Å². The SMILES string of the molecule is CC(O)(CO)CN1C(=O)NC(C)(C)C1=O. The van der Waals surface area contributed by atoms with Crippen LogP contribution in [0.3, 0.4) is 0 Å². The second-order valence-electron chi connectivity index (χ2n) is 4.60. The Kier molecular flexibility index (Phi) is 2.75. The molecule has 0 aromatic heterocycles. The third kappa shape index (κ3) is 2.27. The number of amides is 3. The Morgan fingerprint density at radius 2 is 2.00 bits per heavy atom. The van der Waals surface area contributed by atoms with Crippen LogP contribution in [0.15, 0.2) is 0 Å². The number of hydrogen-bond acceptors (Lipinski definition) is 4. The van der Waals surface area contributed by atoms with Crippen molar-refractivity contribution in [2.24, 2.45) is 0 Å². The quantitative estimate of drug-likeness (QED) is 0.531. The highest BCUT2D eigenvalue weighted by Crippen LogP contribution is 2.18. The monoisotopic (exact) mass is 216 g/mol. The van der Waals surface area contributed by atoms with Gasteiger partial charge in [0.2, 0.25) is 0 Å². The molecule has 86 valence electrons. The molecule has 1 atom stereocenters. The van der Waals surface area contributed by atoms with Gasteiger partial charge in [0.1, 0.15) is 11.1 Å². The minimum Gasteiger partial charge on any atom is -0.393 e. The molecule has 6 nitrogen and oxygen atoms in total. The van der Waals surface area contributed by atoms with Crippen molar-refractivity contribution in [2.45, 2.75) is 31.9 Å². The molecule has 0 aromatic carbocycles. The van der Waals surface area contributed by atoms with Gasteiger partial charge in [0.25, 0.3) is 5.91 Å². The summed E-state index contributed by atoms with van der Waals surface area (Å²) >= 11 is 0. The first kappa shape index (κ1) is 11.9. The lowest BCUT2D eigenvalue weighted by Crippen LogP contribution is -2.47. The predicted molar refractivity (Wildman–Crippen MR) is 52.0 cm³/mol. The average Bonchev–Trinajstić information content (AvgIpc) is 2.28. The van der Waals surface area contributed by atoms with Gasteiger partial charge in [0.05, 0.1) is 13.2 Å². The molecule has 1 aliphatic rings. The Balaban J connectivity index is 2.81. The second kappa shape index (κ2) is 3.46. The number of nitrogens with zero attached hydrogens (tertiary/aromatic N) is 1. The summed E-state index contributed by atoms with van der Waals surface area (Å²) in [6, 6.07) is -0.543. The molecule has 6 heteroatoms. The Bertz CT molecular complexity index is 298. The van der Waals surface area contributed by atoms with Crippen LogP contribution in [0.4, 0.5) is 4.79 Å². The number of β-amino-alcohol motifs (C(OH)–C–C–N with tert-alkyl or cyclic N) is 1. The van der Waals surface area contributed by atoms with E-state index in [1.54, 1.807) is 13.8 Å². The molecule has 0 aromatic rings. The molecular formula is C9H16N2O4. The number of urea groups is 1. The first-order chi connectivity index (χ1) is 6.69. The number of aliphatic hydroxyl groups excluding tert-OH is 1. The van der Waals surface area contributed by atoms with Crippen LogP contribution in [0.25, 0.3) is 0 Å². The van der Waals surface area contributed by atoms with Gasteiger partial charge >= 0.3 is 6.03 Å². The molecule has 0 bridgehead atoms. The van der Waals surface area contributed by atoms with Gasteiger partial charge < -0.3 is 15.5 Å². The van der Waals surface area contributed by atoms with E-state index in [1.165, 1.54) is 6.92 Å². The average molecular weight is 216 g/mol. The largest absolute Gasteiger partial charge is 0.393 e. The third-order valence-corrected chi connectivity index (χ3v) is 2.28. The molecule has 15 heavy (non-hydrogen) atoms. The maximum absolute atomic E-state index is 11.7.